The molecular formula is C17H21NOS. The Hall–Kier alpha value is -1.16. The van der Waals surface area contributed by atoms with E-state index in [4.69, 9.17) is 0 Å². The fourth-order valence-corrected chi connectivity index (χ4v) is 3.81. The summed E-state index contributed by atoms with van der Waals surface area (Å²) in [6.45, 7) is 1.11. The van der Waals surface area contributed by atoms with Gasteiger partial charge in [-0.25, -0.2) is 0 Å². The highest BCUT2D eigenvalue weighted by molar-refractivity contribution is 7.10. The Bertz CT molecular complexity index is 543. The van der Waals surface area contributed by atoms with E-state index < -0.39 is 0 Å². The lowest BCUT2D eigenvalue weighted by Crippen LogP contribution is -2.45. The van der Waals surface area contributed by atoms with Crippen LogP contribution in [0.3, 0.4) is 0 Å². The predicted molar refractivity (Wildman–Crippen MR) is 84.9 cm³/mol. The molecule has 1 aromatic heterocycles. The molecule has 1 saturated carbocycles. The van der Waals surface area contributed by atoms with Gasteiger partial charge in [0.2, 0.25) is 0 Å². The third-order valence-electron chi connectivity index (χ3n) is 4.26. The fraction of sp³-hybridized carbons (Fsp3) is 0.412. The van der Waals surface area contributed by atoms with Gasteiger partial charge in [-0.2, -0.15) is 0 Å². The van der Waals surface area contributed by atoms with Crippen molar-refractivity contribution in [3.63, 3.8) is 0 Å². The Morgan fingerprint density at radius 3 is 2.55 bits per heavy atom. The van der Waals surface area contributed by atoms with Crippen LogP contribution in [0, 0.1) is 0 Å². The van der Waals surface area contributed by atoms with Gasteiger partial charge in [-0.3, -0.25) is 0 Å². The second kappa shape index (κ2) is 6.08. The lowest BCUT2D eigenvalue weighted by atomic mass is 9.99. The van der Waals surface area contributed by atoms with Crippen molar-refractivity contribution in [3.05, 3.63) is 46.7 Å². The molecule has 2 aromatic rings. The van der Waals surface area contributed by atoms with E-state index in [0.717, 1.165) is 19.4 Å². The van der Waals surface area contributed by atoms with Gasteiger partial charge in [0.25, 0.3) is 0 Å². The molecule has 0 radical (unpaired) electrons. The topological polar surface area (TPSA) is 32.3 Å². The lowest BCUT2D eigenvalue weighted by molar-refractivity contribution is 0.163. The summed E-state index contributed by atoms with van der Waals surface area (Å²) in [5.74, 6) is 0. The first-order valence-electron chi connectivity index (χ1n) is 7.30. The first kappa shape index (κ1) is 13.8. The molecule has 1 aliphatic rings. The maximum Gasteiger partial charge on any atom is 0.0613 e. The minimum absolute atomic E-state index is 0.0309. The van der Waals surface area contributed by atoms with E-state index in [9.17, 15) is 5.11 Å². The van der Waals surface area contributed by atoms with Crippen LogP contribution in [0.4, 0.5) is 0 Å². The predicted octanol–water partition coefficient (Wildman–Crippen LogP) is 3.81. The van der Waals surface area contributed by atoms with E-state index in [0.29, 0.717) is 0 Å². The Labute approximate surface area is 124 Å². The summed E-state index contributed by atoms with van der Waals surface area (Å²) in [6, 6.07) is 12.7. The normalized spacial score (nSPS) is 17.4. The van der Waals surface area contributed by atoms with Gasteiger partial charge in [-0.1, -0.05) is 43.2 Å². The molecule has 3 heteroatoms. The number of rotatable bonds is 5. The highest BCUT2D eigenvalue weighted by Gasteiger charge is 2.32. The van der Waals surface area contributed by atoms with Gasteiger partial charge in [-0.15, -0.1) is 11.3 Å². The van der Waals surface area contributed by atoms with Crippen molar-refractivity contribution in [2.75, 3.05) is 6.61 Å². The zero-order valence-corrected chi connectivity index (χ0v) is 12.5. The third-order valence-corrected chi connectivity index (χ3v) is 5.20. The average molecular weight is 287 g/mol. The monoisotopic (exact) mass is 287 g/mol. The van der Waals surface area contributed by atoms with Crippen LogP contribution in [-0.4, -0.2) is 17.3 Å². The smallest absolute Gasteiger partial charge is 0.0613 e. The highest BCUT2D eigenvalue weighted by Crippen LogP contribution is 2.31. The van der Waals surface area contributed by atoms with Crippen LogP contribution in [0.5, 0.6) is 0 Å². The van der Waals surface area contributed by atoms with Crippen molar-refractivity contribution in [3.8, 4) is 11.1 Å². The molecule has 20 heavy (non-hydrogen) atoms. The molecule has 0 amide bonds. The number of hydrogen-bond donors (Lipinski definition) is 2. The first-order valence-corrected chi connectivity index (χ1v) is 8.18. The van der Waals surface area contributed by atoms with E-state index >= 15 is 0 Å². The number of thiophene rings is 1. The van der Waals surface area contributed by atoms with Crippen molar-refractivity contribution in [2.45, 2.75) is 37.8 Å². The van der Waals surface area contributed by atoms with Crippen LogP contribution >= 0.6 is 11.3 Å². The van der Waals surface area contributed by atoms with Gasteiger partial charge < -0.3 is 10.4 Å². The summed E-state index contributed by atoms with van der Waals surface area (Å²) < 4.78 is 0. The van der Waals surface area contributed by atoms with Gasteiger partial charge in [-0.05, 0) is 35.4 Å². The molecule has 1 aliphatic carbocycles. The Morgan fingerprint density at radius 1 is 1.10 bits per heavy atom. The number of nitrogens with one attached hydrogen (secondary N) is 1. The summed E-state index contributed by atoms with van der Waals surface area (Å²) in [5.41, 5.74) is 2.53. The highest BCUT2D eigenvalue weighted by atomic mass is 32.1. The Balaban J connectivity index is 1.66. The largest absolute Gasteiger partial charge is 0.394 e. The van der Waals surface area contributed by atoms with Crippen LogP contribution < -0.4 is 5.32 Å². The zero-order chi connectivity index (χ0) is 13.8. The minimum atomic E-state index is -0.0309. The van der Waals surface area contributed by atoms with Crippen LogP contribution in [0.2, 0.25) is 0 Å². The van der Waals surface area contributed by atoms with E-state index in [-0.39, 0.29) is 12.1 Å². The standard InChI is InChI=1S/C17H21NOS/c19-13-17(8-4-5-9-17)18-11-16-10-15(12-20-16)14-6-2-1-3-7-14/h1-3,6-7,10,12,18-19H,4-5,8-9,11,13H2. The first-order chi connectivity index (χ1) is 9.81. The molecule has 3 rings (SSSR count). The number of benzene rings is 1. The van der Waals surface area contributed by atoms with Crippen molar-refractivity contribution in [1.29, 1.82) is 0 Å². The second-order valence-electron chi connectivity index (χ2n) is 5.67. The molecule has 0 unspecified atom stereocenters. The van der Waals surface area contributed by atoms with Crippen molar-refractivity contribution in [2.24, 2.45) is 0 Å². The molecule has 2 N–H and O–H groups in total. The molecule has 0 saturated heterocycles. The SMILES string of the molecule is OCC1(NCc2cc(-c3ccccc3)cs2)CCCC1. The molecule has 2 nitrogen and oxygen atoms in total. The molecule has 0 bridgehead atoms. The van der Waals surface area contributed by atoms with Crippen LogP contribution in [0.25, 0.3) is 11.1 Å². The molecule has 1 aromatic carbocycles. The Kier molecular flexibility index (Phi) is 4.20. The maximum atomic E-state index is 9.62. The van der Waals surface area contributed by atoms with Gasteiger partial charge in [0.05, 0.1) is 6.61 Å². The average Bonchev–Trinajstić information content (AvgIpc) is 3.16. The second-order valence-corrected chi connectivity index (χ2v) is 6.66. The van der Waals surface area contributed by atoms with Crippen molar-refractivity contribution >= 4 is 11.3 Å². The van der Waals surface area contributed by atoms with Gasteiger partial charge in [0.1, 0.15) is 0 Å². The zero-order valence-electron chi connectivity index (χ0n) is 11.6. The molecule has 0 atom stereocenters. The minimum Gasteiger partial charge on any atom is -0.394 e. The maximum absolute atomic E-state index is 9.62. The lowest BCUT2D eigenvalue weighted by Gasteiger charge is -2.27. The molecular weight excluding hydrogens is 266 g/mol. The summed E-state index contributed by atoms with van der Waals surface area (Å²) in [4.78, 5) is 1.34. The van der Waals surface area contributed by atoms with Gasteiger partial charge in [0.15, 0.2) is 0 Å². The third kappa shape index (κ3) is 2.95. The van der Waals surface area contributed by atoms with Gasteiger partial charge >= 0.3 is 0 Å². The summed E-state index contributed by atoms with van der Waals surface area (Å²) in [7, 11) is 0. The van der Waals surface area contributed by atoms with E-state index in [1.807, 2.05) is 6.07 Å². The molecule has 1 heterocycles. The molecule has 1 fully saturated rings. The van der Waals surface area contributed by atoms with Gasteiger partial charge in [0, 0.05) is 17.0 Å². The molecule has 0 spiro atoms. The molecule has 106 valence electrons. The van der Waals surface area contributed by atoms with Crippen molar-refractivity contribution < 1.29 is 5.11 Å². The number of aliphatic hydroxyl groups is 1. The van der Waals surface area contributed by atoms with E-state index in [2.05, 4.69) is 41.0 Å². The van der Waals surface area contributed by atoms with E-state index in [1.54, 1.807) is 11.3 Å². The fourth-order valence-electron chi connectivity index (χ4n) is 2.97. The van der Waals surface area contributed by atoms with Crippen LogP contribution in [-0.2, 0) is 6.54 Å². The summed E-state index contributed by atoms with van der Waals surface area (Å²) >= 11 is 1.79. The Morgan fingerprint density at radius 2 is 1.85 bits per heavy atom. The summed E-state index contributed by atoms with van der Waals surface area (Å²) in [5, 5.41) is 15.4. The van der Waals surface area contributed by atoms with E-state index in [1.165, 1.54) is 28.8 Å². The van der Waals surface area contributed by atoms with Crippen LogP contribution in [0.1, 0.15) is 30.6 Å². The van der Waals surface area contributed by atoms with Crippen LogP contribution in [0.15, 0.2) is 41.8 Å². The molecule has 0 aliphatic heterocycles. The number of aliphatic hydroxyl groups excluding tert-OH is 1. The number of hydrogen-bond acceptors (Lipinski definition) is 3. The summed E-state index contributed by atoms with van der Waals surface area (Å²) in [6.07, 6.45) is 4.65. The van der Waals surface area contributed by atoms with Crippen molar-refractivity contribution in [1.82, 2.24) is 5.32 Å². The quantitative estimate of drug-likeness (QED) is 0.876.